The normalized spacial score (nSPS) is 20.4. The number of hydrogen-bond acceptors (Lipinski definition) is 6. The van der Waals surface area contributed by atoms with Gasteiger partial charge in [0.15, 0.2) is 0 Å². The number of anilines is 1. The van der Waals surface area contributed by atoms with E-state index in [2.05, 4.69) is 49.6 Å². The van der Waals surface area contributed by atoms with Gasteiger partial charge in [0.05, 0.1) is 0 Å². The molecule has 1 N–H and O–H groups in total. The maximum atomic E-state index is 4.42. The Morgan fingerprint density at radius 2 is 1.75 bits per heavy atom. The van der Waals surface area contributed by atoms with Gasteiger partial charge in [-0.1, -0.05) is 41.7 Å². The van der Waals surface area contributed by atoms with Gasteiger partial charge in [-0.2, -0.15) is 0 Å². The van der Waals surface area contributed by atoms with Gasteiger partial charge in [0.2, 0.25) is 5.13 Å². The fourth-order valence-corrected chi connectivity index (χ4v) is 4.49. The number of rotatable bonds is 4. The van der Waals surface area contributed by atoms with Crippen LogP contribution in [0.1, 0.15) is 12.8 Å². The van der Waals surface area contributed by atoms with Crippen LogP contribution in [0.25, 0.3) is 10.6 Å². The lowest BCUT2D eigenvalue weighted by atomic mass is 9.97. The van der Waals surface area contributed by atoms with Crippen LogP contribution in [0.4, 0.5) is 5.13 Å². The third-order valence-electron chi connectivity index (χ3n) is 5.05. The van der Waals surface area contributed by atoms with Crippen molar-refractivity contribution in [3.8, 4) is 10.6 Å². The Hall–Kier alpha value is -1.50. The predicted molar refractivity (Wildman–Crippen MR) is 99.6 cm³/mol. The zero-order valence-electron chi connectivity index (χ0n) is 14.0. The fraction of sp³-hybridized carbons (Fsp3) is 0.556. The third-order valence-corrected chi connectivity index (χ3v) is 6.09. The number of hydrogen-bond donors (Lipinski definition) is 1. The van der Waals surface area contributed by atoms with Gasteiger partial charge in [-0.25, -0.2) is 0 Å². The van der Waals surface area contributed by atoms with E-state index in [1.165, 1.54) is 32.5 Å². The molecule has 2 aliphatic heterocycles. The molecular formula is C18H25N5S. The van der Waals surface area contributed by atoms with Crippen LogP contribution in [0.15, 0.2) is 30.3 Å². The van der Waals surface area contributed by atoms with Crippen molar-refractivity contribution in [1.29, 1.82) is 0 Å². The molecule has 2 aliphatic rings. The van der Waals surface area contributed by atoms with Crippen molar-refractivity contribution in [2.75, 3.05) is 50.7 Å². The van der Waals surface area contributed by atoms with Gasteiger partial charge in [-0.05, 0) is 31.8 Å². The van der Waals surface area contributed by atoms with E-state index in [4.69, 9.17) is 0 Å². The Kier molecular flexibility index (Phi) is 5.06. The van der Waals surface area contributed by atoms with E-state index in [9.17, 15) is 0 Å². The number of aromatic nitrogens is 2. The smallest absolute Gasteiger partial charge is 0.208 e. The molecule has 2 aromatic rings. The van der Waals surface area contributed by atoms with Crippen molar-refractivity contribution in [2.45, 2.75) is 12.8 Å². The minimum Gasteiger partial charge on any atom is -0.344 e. The van der Waals surface area contributed by atoms with E-state index in [1.807, 2.05) is 6.07 Å². The molecule has 0 aliphatic carbocycles. The highest BCUT2D eigenvalue weighted by molar-refractivity contribution is 7.18. The molecule has 24 heavy (non-hydrogen) atoms. The molecule has 6 heteroatoms. The first-order valence-corrected chi connectivity index (χ1v) is 9.77. The first-order chi connectivity index (χ1) is 11.9. The Balaban J connectivity index is 1.32. The van der Waals surface area contributed by atoms with Crippen molar-refractivity contribution < 1.29 is 0 Å². The third kappa shape index (κ3) is 3.77. The number of benzene rings is 1. The molecular weight excluding hydrogens is 318 g/mol. The lowest BCUT2D eigenvalue weighted by Gasteiger charge is -2.37. The second-order valence-corrected chi connectivity index (χ2v) is 7.69. The summed E-state index contributed by atoms with van der Waals surface area (Å²) in [4.78, 5) is 5.02. The van der Waals surface area contributed by atoms with Crippen LogP contribution in [-0.2, 0) is 0 Å². The van der Waals surface area contributed by atoms with E-state index in [1.54, 1.807) is 11.3 Å². The van der Waals surface area contributed by atoms with Gasteiger partial charge < -0.3 is 10.2 Å². The topological polar surface area (TPSA) is 44.3 Å². The molecule has 5 nitrogen and oxygen atoms in total. The molecule has 0 bridgehead atoms. The van der Waals surface area contributed by atoms with E-state index >= 15 is 0 Å². The molecule has 0 spiro atoms. The largest absolute Gasteiger partial charge is 0.344 e. The van der Waals surface area contributed by atoms with Crippen LogP contribution in [0.5, 0.6) is 0 Å². The first-order valence-electron chi connectivity index (χ1n) is 8.95. The van der Waals surface area contributed by atoms with E-state index < -0.39 is 0 Å². The van der Waals surface area contributed by atoms with E-state index in [0.29, 0.717) is 0 Å². The molecule has 0 atom stereocenters. The lowest BCUT2D eigenvalue weighted by Crippen LogP contribution is -2.48. The lowest BCUT2D eigenvalue weighted by molar-refractivity contribution is 0.196. The van der Waals surface area contributed by atoms with Crippen LogP contribution >= 0.6 is 11.3 Å². The Morgan fingerprint density at radius 3 is 2.50 bits per heavy atom. The van der Waals surface area contributed by atoms with Crippen LogP contribution in [0, 0.1) is 5.92 Å². The van der Waals surface area contributed by atoms with Crippen LogP contribution in [-0.4, -0.2) is 60.9 Å². The molecule has 2 fully saturated rings. The summed E-state index contributed by atoms with van der Waals surface area (Å²) in [7, 11) is 0. The van der Waals surface area contributed by atoms with Gasteiger partial charge in [0.1, 0.15) is 5.01 Å². The van der Waals surface area contributed by atoms with Crippen LogP contribution in [0.2, 0.25) is 0 Å². The molecule has 0 saturated carbocycles. The summed E-state index contributed by atoms with van der Waals surface area (Å²) >= 11 is 1.71. The van der Waals surface area contributed by atoms with Crippen molar-refractivity contribution in [1.82, 2.24) is 20.4 Å². The monoisotopic (exact) mass is 343 g/mol. The van der Waals surface area contributed by atoms with Gasteiger partial charge in [0, 0.05) is 38.3 Å². The summed E-state index contributed by atoms with van der Waals surface area (Å²) < 4.78 is 0. The molecule has 1 aromatic carbocycles. The maximum Gasteiger partial charge on any atom is 0.208 e. The van der Waals surface area contributed by atoms with E-state index in [-0.39, 0.29) is 0 Å². The molecule has 0 radical (unpaired) electrons. The summed E-state index contributed by atoms with van der Waals surface area (Å²) in [6.45, 7) is 8.06. The van der Waals surface area contributed by atoms with E-state index in [0.717, 1.165) is 47.8 Å². The Bertz CT molecular complexity index is 630. The van der Waals surface area contributed by atoms with Gasteiger partial charge >= 0.3 is 0 Å². The number of nitrogens with one attached hydrogen (secondary N) is 1. The van der Waals surface area contributed by atoms with Gasteiger partial charge in [-0.3, -0.25) is 4.90 Å². The van der Waals surface area contributed by atoms with Gasteiger partial charge in [0.25, 0.3) is 0 Å². The highest BCUT2D eigenvalue weighted by Crippen LogP contribution is 2.29. The van der Waals surface area contributed by atoms with Crippen LogP contribution < -0.4 is 10.2 Å². The summed E-state index contributed by atoms with van der Waals surface area (Å²) in [5.41, 5.74) is 1.16. The number of piperazine rings is 1. The molecule has 0 amide bonds. The standard InChI is InChI=1S/C18H25N5S/c1-2-4-16(5-3-1)17-20-21-18(24-17)23-12-10-22(11-13-23)14-15-6-8-19-9-7-15/h1-5,15,19H,6-14H2. The molecule has 0 unspecified atom stereocenters. The van der Waals surface area contributed by atoms with Crippen molar-refractivity contribution in [2.24, 2.45) is 5.92 Å². The SMILES string of the molecule is c1ccc(-c2nnc(N3CCN(CC4CCNCC4)CC3)s2)cc1. The quantitative estimate of drug-likeness (QED) is 0.923. The Labute approximate surface area is 147 Å². The van der Waals surface area contributed by atoms with Gasteiger partial charge in [-0.15, -0.1) is 10.2 Å². The van der Waals surface area contributed by atoms with Crippen molar-refractivity contribution in [3.63, 3.8) is 0 Å². The zero-order chi connectivity index (χ0) is 16.2. The predicted octanol–water partition coefficient (Wildman–Crippen LogP) is 2.33. The first kappa shape index (κ1) is 16.0. The van der Waals surface area contributed by atoms with Crippen molar-refractivity contribution in [3.05, 3.63) is 30.3 Å². The average Bonchev–Trinajstić information content (AvgIpc) is 3.14. The highest BCUT2D eigenvalue weighted by atomic mass is 32.1. The second-order valence-electron chi connectivity index (χ2n) is 6.74. The zero-order valence-corrected chi connectivity index (χ0v) is 14.8. The summed E-state index contributed by atoms with van der Waals surface area (Å²) in [5, 5.41) is 14.3. The number of nitrogens with zero attached hydrogens (tertiary/aromatic N) is 4. The molecule has 2 saturated heterocycles. The summed E-state index contributed by atoms with van der Waals surface area (Å²) in [6, 6.07) is 10.3. The molecule has 128 valence electrons. The molecule has 3 heterocycles. The second kappa shape index (κ2) is 7.59. The fourth-order valence-electron chi connectivity index (χ4n) is 3.59. The highest BCUT2D eigenvalue weighted by Gasteiger charge is 2.23. The number of piperidine rings is 1. The summed E-state index contributed by atoms with van der Waals surface area (Å²) in [6.07, 6.45) is 2.66. The van der Waals surface area contributed by atoms with Crippen molar-refractivity contribution >= 4 is 16.5 Å². The minimum atomic E-state index is 0.879. The Morgan fingerprint density at radius 1 is 1.00 bits per heavy atom. The molecule has 4 rings (SSSR count). The minimum absolute atomic E-state index is 0.879. The molecule has 1 aromatic heterocycles. The summed E-state index contributed by atoms with van der Waals surface area (Å²) in [5.74, 6) is 0.879. The maximum absolute atomic E-state index is 4.42. The van der Waals surface area contributed by atoms with Crippen LogP contribution in [0.3, 0.4) is 0 Å². The average molecular weight is 344 g/mol.